The molecule has 0 aromatic heterocycles. The highest BCUT2D eigenvalue weighted by molar-refractivity contribution is 6.26. The van der Waals surface area contributed by atoms with E-state index in [1.54, 1.807) is 0 Å². The van der Waals surface area contributed by atoms with Gasteiger partial charge < -0.3 is 0 Å². The standard InChI is InChI=1S/C46H36N2/c47-29-33-15-11-31(12-16-33)19-21-37-27-43(35-7-3-1-4-8-35)41-25-26-42-44(36-9-5-2-6-10-36)28-38(40-24-23-39(37)45(41)46(40)42)22-20-32-13-17-34(30-48)18-14-32/h11-18,23-28,35-36H,1-10H2. The van der Waals surface area contributed by atoms with E-state index in [4.69, 9.17) is 0 Å². The molecule has 0 unspecified atom stereocenters. The van der Waals surface area contributed by atoms with Gasteiger partial charge in [-0.15, -0.1) is 0 Å². The monoisotopic (exact) mass is 616 g/mol. The van der Waals surface area contributed by atoms with Crippen LogP contribution in [0.5, 0.6) is 0 Å². The van der Waals surface area contributed by atoms with Crippen LogP contribution < -0.4 is 0 Å². The zero-order valence-corrected chi connectivity index (χ0v) is 27.2. The lowest BCUT2D eigenvalue weighted by molar-refractivity contribution is 0.445. The van der Waals surface area contributed by atoms with Crippen molar-refractivity contribution < 1.29 is 0 Å². The van der Waals surface area contributed by atoms with Gasteiger partial charge in [-0.3, -0.25) is 0 Å². The molecule has 0 atom stereocenters. The summed E-state index contributed by atoms with van der Waals surface area (Å²) in [4.78, 5) is 0. The number of rotatable bonds is 2. The summed E-state index contributed by atoms with van der Waals surface area (Å²) in [6, 6.07) is 33.7. The Kier molecular flexibility index (Phi) is 8.03. The van der Waals surface area contributed by atoms with Crippen LogP contribution in [0.25, 0.3) is 32.3 Å². The molecule has 8 rings (SSSR count). The van der Waals surface area contributed by atoms with Crippen molar-refractivity contribution in [3.63, 3.8) is 0 Å². The molecular formula is C46H36N2. The second kappa shape index (κ2) is 12.9. The molecule has 0 spiro atoms. The van der Waals surface area contributed by atoms with Crippen LogP contribution in [0, 0.1) is 46.3 Å². The van der Waals surface area contributed by atoms with Gasteiger partial charge in [-0.05, 0) is 142 Å². The van der Waals surface area contributed by atoms with Crippen molar-refractivity contribution in [3.05, 3.63) is 129 Å². The van der Waals surface area contributed by atoms with Crippen LogP contribution in [0.3, 0.4) is 0 Å². The Morgan fingerprint density at radius 3 is 1.12 bits per heavy atom. The molecule has 0 N–H and O–H groups in total. The third-order valence-corrected chi connectivity index (χ3v) is 10.8. The predicted molar refractivity (Wildman–Crippen MR) is 196 cm³/mol. The molecule has 2 heteroatoms. The molecular weight excluding hydrogens is 581 g/mol. The summed E-state index contributed by atoms with van der Waals surface area (Å²) in [7, 11) is 0. The second-order valence-electron chi connectivity index (χ2n) is 13.6. The van der Waals surface area contributed by atoms with Crippen molar-refractivity contribution in [2.75, 3.05) is 0 Å². The Balaban J connectivity index is 1.39. The molecule has 230 valence electrons. The summed E-state index contributed by atoms with van der Waals surface area (Å²) in [5, 5.41) is 26.3. The summed E-state index contributed by atoms with van der Waals surface area (Å²) in [5.74, 6) is 15.1. The lowest BCUT2D eigenvalue weighted by Gasteiger charge is -2.27. The second-order valence-corrected chi connectivity index (χ2v) is 13.6. The van der Waals surface area contributed by atoms with Gasteiger partial charge in [-0.2, -0.15) is 10.5 Å². The molecule has 0 bridgehead atoms. The maximum Gasteiger partial charge on any atom is 0.0991 e. The average Bonchev–Trinajstić information content (AvgIpc) is 3.16. The molecule has 2 saturated carbocycles. The highest BCUT2D eigenvalue weighted by atomic mass is 14.3. The number of benzene rings is 6. The van der Waals surface area contributed by atoms with Gasteiger partial charge in [-0.1, -0.05) is 86.5 Å². The van der Waals surface area contributed by atoms with E-state index in [-0.39, 0.29) is 0 Å². The minimum absolute atomic E-state index is 0.534. The largest absolute Gasteiger partial charge is 0.192 e. The van der Waals surface area contributed by atoms with Crippen LogP contribution >= 0.6 is 0 Å². The van der Waals surface area contributed by atoms with Gasteiger partial charge in [0.2, 0.25) is 0 Å². The summed E-state index contributed by atoms with van der Waals surface area (Å²) in [6.45, 7) is 0. The normalized spacial score (nSPS) is 15.4. The Labute approximate surface area is 283 Å². The molecule has 0 amide bonds. The highest BCUT2D eigenvalue weighted by Crippen LogP contribution is 2.46. The highest BCUT2D eigenvalue weighted by Gasteiger charge is 2.25. The molecule has 2 fully saturated rings. The number of nitrogens with zero attached hydrogens (tertiary/aromatic N) is 2. The molecule has 2 aliphatic carbocycles. The zero-order chi connectivity index (χ0) is 32.5. The van der Waals surface area contributed by atoms with Crippen LogP contribution in [0.4, 0.5) is 0 Å². The summed E-state index contributed by atoms with van der Waals surface area (Å²) >= 11 is 0. The molecule has 6 aromatic rings. The topological polar surface area (TPSA) is 47.6 Å². The first kappa shape index (κ1) is 29.8. The first-order valence-corrected chi connectivity index (χ1v) is 17.5. The number of hydrogen-bond donors (Lipinski definition) is 0. The molecule has 6 aromatic carbocycles. The van der Waals surface area contributed by atoms with Crippen molar-refractivity contribution in [3.8, 4) is 35.8 Å². The van der Waals surface area contributed by atoms with E-state index in [1.165, 1.54) is 108 Å². The lowest BCUT2D eigenvalue weighted by atomic mass is 9.77. The van der Waals surface area contributed by atoms with E-state index in [9.17, 15) is 10.5 Å². The molecule has 48 heavy (non-hydrogen) atoms. The Hall–Kier alpha value is -5.54. The van der Waals surface area contributed by atoms with Crippen LogP contribution in [0.1, 0.15) is 121 Å². The van der Waals surface area contributed by atoms with Crippen LogP contribution in [0.15, 0.2) is 84.9 Å². The van der Waals surface area contributed by atoms with Gasteiger partial charge in [-0.25, -0.2) is 0 Å². The predicted octanol–water partition coefficient (Wildman–Crippen LogP) is 11.2. The SMILES string of the molecule is N#Cc1ccc(C#Cc2cc(C3CCCCC3)c3ccc4c(C5CCCCC5)cc(C#Cc5ccc(C#N)cc5)c5ccc2c3c54)cc1. The van der Waals surface area contributed by atoms with Crippen molar-refractivity contribution in [2.45, 2.75) is 76.0 Å². The van der Waals surface area contributed by atoms with E-state index in [0.29, 0.717) is 23.0 Å². The maximum atomic E-state index is 9.27. The quantitative estimate of drug-likeness (QED) is 0.144. The Morgan fingerprint density at radius 2 is 0.750 bits per heavy atom. The molecule has 0 saturated heterocycles. The summed E-state index contributed by atoms with van der Waals surface area (Å²) < 4.78 is 0. The van der Waals surface area contributed by atoms with E-state index in [2.05, 4.69) is 72.2 Å². The molecule has 2 nitrogen and oxygen atoms in total. The summed E-state index contributed by atoms with van der Waals surface area (Å²) in [5.41, 5.74) is 8.16. The maximum absolute atomic E-state index is 9.27. The molecule has 0 radical (unpaired) electrons. The van der Waals surface area contributed by atoms with Crippen molar-refractivity contribution >= 4 is 32.3 Å². The smallest absolute Gasteiger partial charge is 0.0991 e. The third kappa shape index (κ3) is 5.56. The van der Waals surface area contributed by atoms with Crippen LogP contribution in [-0.4, -0.2) is 0 Å². The molecule has 0 heterocycles. The number of hydrogen-bond acceptors (Lipinski definition) is 2. The first-order valence-electron chi connectivity index (χ1n) is 17.5. The Morgan fingerprint density at radius 1 is 0.396 bits per heavy atom. The van der Waals surface area contributed by atoms with Gasteiger partial charge in [0, 0.05) is 22.3 Å². The van der Waals surface area contributed by atoms with Gasteiger partial charge >= 0.3 is 0 Å². The van der Waals surface area contributed by atoms with E-state index in [1.807, 2.05) is 48.5 Å². The zero-order valence-electron chi connectivity index (χ0n) is 27.2. The van der Waals surface area contributed by atoms with Gasteiger partial charge in [0.15, 0.2) is 0 Å². The van der Waals surface area contributed by atoms with Crippen LogP contribution in [-0.2, 0) is 0 Å². The van der Waals surface area contributed by atoms with Gasteiger partial charge in [0.05, 0.1) is 23.3 Å². The lowest BCUT2D eigenvalue weighted by Crippen LogP contribution is -2.08. The number of nitriles is 2. The third-order valence-electron chi connectivity index (χ3n) is 10.8. The van der Waals surface area contributed by atoms with Gasteiger partial charge in [0.25, 0.3) is 0 Å². The van der Waals surface area contributed by atoms with Crippen molar-refractivity contribution in [1.82, 2.24) is 0 Å². The van der Waals surface area contributed by atoms with E-state index < -0.39 is 0 Å². The molecule has 2 aliphatic rings. The van der Waals surface area contributed by atoms with E-state index in [0.717, 1.165) is 22.3 Å². The van der Waals surface area contributed by atoms with Crippen molar-refractivity contribution in [2.24, 2.45) is 0 Å². The van der Waals surface area contributed by atoms with E-state index >= 15 is 0 Å². The minimum Gasteiger partial charge on any atom is -0.192 e. The summed E-state index contributed by atoms with van der Waals surface area (Å²) in [6.07, 6.45) is 12.6. The fourth-order valence-corrected chi connectivity index (χ4v) is 8.29. The van der Waals surface area contributed by atoms with Crippen LogP contribution in [0.2, 0.25) is 0 Å². The first-order chi connectivity index (χ1) is 23.7. The minimum atomic E-state index is 0.534. The van der Waals surface area contributed by atoms with Gasteiger partial charge in [0.1, 0.15) is 0 Å². The van der Waals surface area contributed by atoms with Crippen molar-refractivity contribution in [1.29, 1.82) is 10.5 Å². The fourth-order valence-electron chi connectivity index (χ4n) is 8.29. The molecule has 0 aliphatic heterocycles. The fraction of sp³-hybridized carbons (Fsp3) is 0.261. The Bertz CT molecular complexity index is 2190. The average molecular weight is 617 g/mol.